The van der Waals surface area contributed by atoms with Gasteiger partial charge in [-0.3, -0.25) is 9.48 Å². The summed E-state index contributed by atoms with van der Waals surface area (Å²) >= 11 is 0. The van der Waals surface area contributed by atoms with E-state index in [4.69, 9.17) is 0 Å². The number of carbonyl (C=O) groups is 1. The molecule has 0 saturated carbocycles. The van der Waals surface area contributed by atoms with Gasteiger partial charge in [0.2, 0.25) is 0 Å². The molecule has 0 fully saturated rings. The SMILES string of the molecule is CCC(=O)c1nnn(-c2cn(C)nc2CC)c1CC. The lowest BCUT2D eigenvalue weighted by molar-refractivity contribution is 0.0982. The van der Waals surface area contributed by atoms with Crippen molar-refractivity contribution >= 4 is 5.78 Å². The summed E-state index contributed by atoms with van der Waals surface area (Å²) in [7, 11) is 1.88. The number of aryl methyl sites for hydroxylation is 2. The van der Waals surface area contributed by atoms with Crippen molar-refractivity contribution in [3.05, 3.63) is 23.3 Å². The van der Waals surface area contributed by atoms with Crippen molar-refractivity contribution in [2.75, 3.05) is 0 Å². The van der Waals surface area contributed by atoms with Crippen molar-refractivity contribution in [3.8, 4) is 5.69 Å². The molecule has 6 heteroatoms. The number of nitrogens with zero attached hydrogens (tertiary/aromatic N) is 5. The molecule has 0 bridgehead atoms. The molecule has 2 heterocycles. The first-order valence-corrected chi connectivity index (χ1v) is 6.62. The van der Waals surface area contributed by atoms with Crippen LogP contribution in [0.4, 0.5) is 0 Å². The van der Waals surface area contributed by atoms with Crippen molar-refractivity contribution in [1.82, 2.24) is 24.8 Å². The molecule has 0 unspecified atom stereocenters. The van der Waals surface area contributed by atoms with Crippen LogP contribution in [0.1, 0.15) is 49.1 Å². The Balaban J connectivity index is 2.56. The van der Waals surface area contributed by atoms with Gasteiger partial charge in [0, 0.05) is 13.5 Å². The zero-order valence-corrected chi connectivity index (χ0v) is 11.8. The predicted octanol–water partition coefficient (Wildman–Crippen LogP) is 1.72. The molecule has 0 N–H and O–H groups in total. The molecule has 19 heavy (non-hydrogen) atoms. The van der Waals surface area contributed by atoms with E-state index in [1.54, 1.807) is 9.36 Å². The third kappa shape index (κ3) is 2.30. The second-order valence-corrected chi connectivity index (χ2v) is 4.42. The molecule has 0 aromatic carbocycles. The standard InChI is InChI=1S/C13H19N5O/c1-5-9-11(8-17(4)15-9)18-10(6-2)13(14-16-18)12(19)7-3/h8H,5-7H2,1-4H3. The van der Waals surface area contributed by atoms with Crippen LogP contribution in [-0.2, 0) is 19.9 Å². The summed E-state index contributed by atoms with van der Waals surface area (Å²) < 4.78 is 3.51. The number of aromatic nitrogens is 5. The summed E-state index contributed by atoms with van der Waals surface area (Å²) in [6.45, 7) is 5.89. The van der Waals surface area contributed by atoms with E-state index in [0.717, 1.165) is 23.5 Å². The molecule has 0 spiro atoms. The van der Waals surface area contributed by atoms with E-state index in [2.05, 4.69) is 15.4 Å². The molecule has 2 rings (SSSR count). The van der Waals surface area contributed by atoms with Crippen molar-refractivity contribution in [3.63, 3.8) is 0 Å². The van der Waals surface area contributed by atoms with Crippen LogP contribution in [0.15, 0.2) is 6.20 Å². The number of hydrogen-bond acceptors (Lipinski definition) is 4. The summed E-state index contributed by atoms with van der Waals surface area (Å²) in [5.74, 6) is 0.0324. The zero-order chi connectivity index (χ0) is 14.0. The Bertz CT molecular complexity index is 596. The topological polar surface area (TPSA) is 65.6 Å². The maximum absolute atomic E-state index is 11.9. The van der Waals surface area contributed by atoms with Gasteiger partial charge >= 0.3 is 0 Å². The Morgan fingerprint density at radius 2 is 2.00 bits per heavy atom. The molecule has 0 aliphatic rings. The van der Waals surface area contributed by atoms with E-state index in [9.17, 15) is 4.79 Å². The second-order valence-electron chi connectivity index (χ2n) is 4.42. The molecule has 0 aliphatic carbocycles. The van der Waals surface area contributed by atoms with Crippen LogP contribution in [0.25, 0.3) is 5.69 Å². The van der Waals surface area contributed by atoms with Gasteiger partial charge in [-0.15, -0.1) is 5.10 Å². The molecule has 0 radical (unpaired) electrons. The fourth-order valence-electron chi connectivity index (χ4n) is 2.15. The maximum atomic E-state index is 11.9. The molecule has 0 aliphatic heterocycles. The molecule has 0 atom stereocenters. The van der Waals surface area contributed by atoms with Gasteiger partial charge in [-0.05, 0) is 12.8 Å². The third-order valence-electron chi connectivity index (χ3n) is 3.13. The third-order valence-corrected chi connectivity index (χ3v) is 3.13. The highest BCUT2D eigenvalue weighted by molar-refractivity contribution is 5.95. The molecule has 0 amide bonds. The van der Waals surface area contributed by atoms with Gasteiger partial charge in [-0.2, -0.15) is 5.10 Å². The van der Waals surface area contributed by atoms with Crippen LogP contribution in [0.5, 0.6) is 0 Å². The van der Waals surface area contributed by atoms with Crippen molar-refractivity contribution in [2.24, 2.45) is 7.05 Å². The smallest absolute Gasteiger partial charge is 0.184 e. The van der Waals surface area contributed by atoms with E-state index < -0.39 is 0 Å². The Kier molecular flexibility index (Phi) is 3.78. The molecule has 6 nitrogen and oxygen atoms in total. The summed E-state index contributed by atoms with van der Waals surface area (Å²) in [5.41, 5.74) is 3.20. The van der Waals surface area contributed by atoms with E-state index in [1.807, 2.05) is 34.0 Å². The van der Waals surface area contributed by atoms with Crippen LogP contribution < -0.4 is 0 Å². The predicted molar refractivity (Wildman–Crippen MR) is 71.5 cm³/mol. The number of rotatable bonds is 5. The average molecular weight is 261 g/mol. The number of carbonyl (C=O) groups excluding carboxylic acids is 1. The van der Waals surface area contributed by atoms with Gasteiger partial charge in [0.25, 0.3) is 0 Å². The van der Waals surface area contributed by atoms with Crippen LogP contribution >= 0.6 is 0 Å². The highest BCUT2D eigenvalue weighted by Crippen LogP contribution is 2.18. The van der Waals surface area contributed by atoms with Gasteiger partial charge in [-0.25, -0.2) is 4.68 Å². The number of Topliss-reactive ketones (excluding diaryl/α,β-unsaturated/α-hetero) is 1. The normalized spacial score (nSPS) is 10.9. The van der Waals surface area contributed by atoms with E-state index in [1.165, 1.54) is 0 Å². The Labute approximate surface area is 112 Å². The summed E-state index contributed by atoms with van der Waals surface area (Å²) in [4.78, 5) is 11.9. The average Bonchev–Trinajstić information content (AvgIpc) is 2.99. The minimum absolute atomic E-state index is 0.0324. The first kappa shape index (κ1) is 13.5. The van der Waals surface area contributed by atoms with Crippen LogP contribution in [0.3, 0.4) is 0 Å². The number of hydrogen-bond donors (Lipinski definition) is 0. The summed E-state index contributed by atoms with van der Waals surface area (Å²) in [6.07, 6.45) is 3.88. The van der Waals surface area contributed by atoms with E-state index >= 15 is 0 Å². The second kappa shape index (κ2) is 5.34. The molecule has 0 saturated heterocycles. The van der Waals surface area contributed by atoms with Crippen molar-refractivity contribution < 1.29 is 4.79 Å². The van der Waals surface area contributed by atoms with Gasteiger partial charge < -0.3 is 0 Å². The fraction of sp³-hybridized carbons (Fsp3) is 0.538. The summed E-state index contributed by atoms with van der Waals surface area (Å²) in [6, 6.07) is 0. The fourth-order valence-corrected chi connectivity index (χ4v) is 2.15. The lowest BCUT2D eigenvalue weighted by atomic mass is 10.1. The van der Waals surface area contributed by atoms with Crippen LogP contribution in [0, 0.1) is 0 Å². The molecule has 2 aromatic rings. The lowest BCUT2D eigenvalue weighted by Crippen LogP contribution is -2.06. The quantitative estimate of drug-likeness (QED) is 0.769. The molecule has 2 aromatic heterocycles. The Morgan fingerprint density at radius 3 is 2.58 bits per heavy atom. The van der Waals surface area contributed by atoms with Crippen LogP contribution in [-0.4, -0.2) is 30.6 Å². The first-order valence-electron chi connectivity index (χ1n) is 6.62. The van der Waals surface area contributed by atoms with E-state index in [0.29, 0.717) is 18.5 Å². The molecular weight excluding hydrogens is 242 g/mol. The minimum atomic E-state index is 0.0324. The van der Waals surface area contributed by atoms with E-state index in [-0.39, 0.29) is 5.78 Å². The number of ketones is 1. The van der Waals surface area contributed by atoms with Crippen LogP contribution in [0.2, 0.25) is 0 Å². The maximum Gasteiger partial charge on any atom is 0.184 e. The zero-order valence-electron chi connectivity index (χ0n) is 11.8. The Hall–Kier alpha value is -1.98. The lowest BCUT2D eigenvalue weighted by Gasteiger charge is -2.04. The van der Waals surface area contributed by atoms with Gasteiger partial charge in [0.15, 0.2) is 11.5 Å². The highest BCUT2D eigenvalue weighted by Gasteiger charge is 2.20. The first-order chi connectivity index (χ1) is 9.12. The highest BCUT2D eigenvalue weighted by atomic mass is 16.1. The minimum Gasteiger partial charge on any atom is -0.292 e. The van der Waals surface area contributed by atoms with Crippen molar-refractivity contribution in [1.29, 1.82) is 0 Å². The van der Waals surface area contributed by atoms with Gasteiger partial charge in [0.05, 0.1) is 17.6 Å². The van der Waals surface area contributed by atoms with Crippen molar-refractivity contribution in [2.45, 2.75) is 40.0 Å². The largest absolute Gasteiger partial charge is 0.292 e. The monoisotopic (exact) mass is 261 g/mol. The molecule has 102 valence electrons. The summed E-state index contributed by atoms with van der Waals surface area (Å²) in [5, 5.41) is 12.6. The molecular formula is C13H19N5O. The Morgan fingerprint density at radius 1 is 1.26 bits per heavy atom. The van der Waals surface area contributed by atoms with Gasteiger partial charge in [-0.1, -0.05) is 26.0 Å². The van der Waals surface area contributed by atoms with Gasteiger partial charge in [0.1, 0.15) is 5.69 Å².